The van der Waals surface area contributed by atoms with E-state index in [0.29, 0.717) is 0 Å². The predicted octanol–water partition coefficient (Wildman–Crippen LogP) is 5.65. The standard InChI is InChI=1S/C13H12Br3NS/c1-7-10(15)6-12(18-7)13(17-2)9-4-3-8(14)5-11(9)16/h3-6,13,17H,1-2H3. The van der Waals surface area contributed by atoms with E-state index < -0.39 is 0 Å². The molecular formula is C13H12Br3NS. The minimum Gasteiger partial charge on any atom is -0.309 e. The molecule has 18 heavy (non-hydrogen) atoms. The molecule has 1 nitrogen and oxygen atoms in total. The van der Waals surface area contributed by atoms with Gasteiger partial charge >= 0.3 is 0 Å². The molecule has 2 rings (SSSR count). The molecule has 0 fully saturated rings. The van der Waals surface area contributed by atoms with Gasteiger partial charge in [0.25, 0.3) is 0 Å². The molecule has 0 bridgehead atoms. The van der Waals surface area contributed by atoms with Gasteiger partial charge in [-0.05, 0) is 53.7 Å². The van der Waals surface area contributed by atoms with Crippen molar-refractivity contribution in [1.82, 2.24) is 5.32 Å². The van der Waals surface area contributed by atoms with Crippen LogP contribution in [0.2, 0.25) is 0 Å². The van der Waals surface area contributed by atoms with Crippen LogP contribution in [0, 0.1) is 6.92 Å². The van der Waals surface area contributed by atoms with Gasteiger partial charge < -0.3 is 5.32 Å². The third kappa shape index (κ3) is 3.07. The molecule has 1 aromatic heterocycles. The summed E-state index contributed by atoms with van der Waals surface area (Å²) in [6.45, 7) is 2.13. The normalized spacial score (nSPS) is 12.7. The predicted molar refractivity (Wildman–Crippen MR) is 89.5 cm³/mol. The highest BCUT2D eigenvalue weighted by atomic mass is 79.9. The lowest BCUT2D eigenvalue weighted by Crippen LogP contribution is -2.16. The minimum absolute atomic E-state index is 0.211. The second-order valence-corrected chi connectivity index (χ2v) is 7.85. The van der Waals surface area contributed by atoms with Crippen LogP contribution in [-0.4, -0.2) is 7.05 Å². The summed E-state index contributed by atoms with van der Waals surface area (Å²) < 4.78 is 3.37. The Bertz CT molecular complexity index is 546. The van der Waals surface area contributed by atoms with Gasteiger partial charge in [-0.1, -0.05) is 37.9 Å². The van der Waals surface area contributed by atoms with Gasteiger partial charge in [-0.15, -0.1) is 11.3 Å². The fraction of sp³-hybridized carbons (Fsp3) is 0.231. The first-order chi connectivity index (χ1) is 8.52. The van der Waals surface area contributed by atoms with Crippen molar-refractivity contribution in [1.29, 1.82) is 0 Å². The SMILES string of the molecule is CNC(c1cc(Br)c(C)s1)c1ccc(Br)cc1Br. The molecule has 5 heteroatoms. The molecule has 0 radical (unpaired) electrons. The van der Waals surface area contributed by atoms with E-state index in [4.69, 9.17) is 0 Å². The zero-order chi connectivity index (χ0) is 13.3. The maximum absolute atomic E-state index is 3.63. The lowest BCUT2D eigenvalue weighted by molar-refractivity contribution is 0.700. The molecule has 0 spiro atoms. The van der Waals surface area contributed by atoms with Crippen LogP contribution in [0.1, 0.15) is 21.4 Å². The van der Waals surface area contributed by atoms with Crippen molar-refractivity contribution >= 4 is 59.1 Å². The quantitative estimate of drug-likeness (QED) is 0.633. The van der Waals surface area contributed by atoms with E-state index in [0.717, 1.165) is 8.95 Å². The van der Waals surface area contributed by atoms with Crippen LogP contribution in [0.25, 0.3) is 0 Å². The molecule has 0 saturated carbocycles. The first-order valence-electron chi connectivity index (χ1n) is 5.41. The third-order valence-electron chi connectivity index (χ3n) is 2.72. The van der Waals surface area contributed by atoms with Crippen LogP contribution in [-0.2, 0) is 0 Å². The summed E-state index contributed by atoms with van der Waals surface area (Å²) in [7, 11) is 1.99. The molecule has 1 heterocycles. The van der Waals surface area contributed by atoms with Gasteiger partial charge in [-0.3, -0.25) is 0 Å². The molecule has 0 aliphatic carbocycles. The molecule has 0 aliphatic heterocycles. The number of benzene rings is 1. The largest absolute Gasteiger partial charge is 0.309 e. The smallest absolute Gasteiger partial charge is 0.0680 e. The lowest BCUT2D eigenvalue weighted by Gasteiger charge is -2.17. The van der Waals surface area contributed by atoms with Crippen molar-refractivity contribution in [2.45, 2.75) is 13.0 Å². The first-order valence-corrected chi connectivity index (χ1v) is 8.60. The molecule has 1 atom stereocenters. The Morgan fingerprint density at radius 1 is 1.11 bits per heavy atom. The van der Waals surface area contributed by atoms with Gasteiger partial charge in [-0.2, -0.15) is 0 Å². The Kier molecular flexibility index (Phi) is 5.06. The molecule has 2 aromatic rings. The summed E-state index contributed by atoms with van der Waals surface area (Å²) in [5.74, 6) is 0. The summed E-state index contributed by atoms with van der Waals surface area (Å²) >= 11 is 12.5. The van der Waals surface area contributed by atoms with Crippen LogP contribution in [0.3, 0.4) is 0 Å². The van der Waals surface area contributed by atoms with Crippen LogP contribution >= 0.6 is 59.1 Å². The number of rotatable bonds is 3. The van der Waals surface area contributed by atoms with Crippen LogP contribution < -0.4 is 5.32 Å². The Balaban J connectivity index is 2.45. The van der Waals surface area contributed by atoms with Gasteiger partial charge in [0.15, 0.2) is 0 Å². The molecule has 96 valence electrons. The maximum atomic E-state index is 3.63. The second kappa shape index (κ2) is 6.18. The molecule has 1 unspecified atom stereocenters. The molecule has 0 aliphatic rings. The number of halogens is 3. The Morgan fingerprint density at radius 2 is 1.83 bits per heavy atom. The number of hydrogen-bond donors (Lipinski definition) is 1. The Morgan fingerprint density at radius 3 is 2.33 bits per heavy atom. The van der Waals surface area contributed by atoms with Crippen LogP contribution in [0.5, 0.6) is 0 Å². The number of thiophene rings is 1. The van der Waals surface area contributed by atoms with E-state index in [-0.39, 0.29) is 6.04 Å². The third-order valence-corrected chi connectivity index (χ3v) is 6.10. The first kappa shape index (κ1) is 14.7. The van der Waals surface area contributed by atoms with Gasteiger partial charge in [0.2, 0.25) is 0 Å². The topological polar surface area (TPSA) is 12.0 Å². The van der Waals surface area contributed by atoms with Gasteiger partial charge in [0, 0.05) is 23.2 Å². The summed E-state index contributed by atoms with van der Waals surface area (Å²) in [6.07, 6.45) is 0. The number of hydrogen-bond acceptors (Lipinski definition) is 2. The monoisotopic (exact) mass is 451 g/mol. The summed E-state index contributed by atoms with van der Waals surface area (Å²) in [4.78, 5) is 2.61. The Hall–Kier alpha value is 0.320. The van der Waals surface area contributed by atoms with Gasteiger partial charge in [-0.25, -0.2) is 0 Å². The van der Waals surface area contributed by atoms with Crippen LogP contribution in [0.4, 0.5) is 0 Å². The number of nitrogens with one attached hydrogen (secondary N) is 1. The van der Waals surface area contributed by atoms with Crippen molar-refractivity contribution in [2.24, 2.45) is 0 Å². The minimum atomic E-state index is 0.211. The average molecular weight is 454 g/mol. The van der Waals surface area contributed by atoms with Gasteiger partial charge in [0.05, 0.1) is 6.04 Å². The molecule has 0 saturated heterocycles. The van der Waals surface area contributed by atoms with Crippen molar-refractivity contribution in [3.63, 3.8) is 0 Å². The van der Waals surface area contributed by atoms with E-state index in [2.05, 4.69) is 84.3 Å². The molecule has 1 aromatic carbocycles. The lowest BCUT2D eigenvalue weighted by atomic mass is 10.1. The summed E-state index contributed by atoms with van der Waals surface area (Å²) in [5.41, 5.74) is 1.24. The van der Waals surface area contributed by atoms with Gasteiger partial charge in [0.1, 0.15) is 0 Å². The zero-order valence-electron chi connectivity index (χ0n) is 9.93. The maximum Gasteiger partial charge on any atom is 0.0680 e. The Labute approximate surface area is 136 Å². The van der Waals surface area contributed by atoms with E-state index in [1.54, 1.807) is 0 Å². The summed E-state index contributed by atoms with van der Waals surface area (Å²) in [6, 6.07) is 8.69. The van der Waals surface area contributed by atoms with E-state index in [1.165, 1.54) is 19.8 Å². The highest BCUT2D eigenvalue weighted by molar-refractivity contribution is 9.11. The fourth-order valence-electron chi connectivity index (χ4n) is 1.81. The molecular weight excluding hydrogens is 442 g/mol. The van der Waals surface area contributed by atoms with Crippen molar-refractivity contribution in [3.8, 4) is 0 Å². The fourth-order valence-corrected chi connectivity index (χ4v) is 4.78. The van der Waals surface area contributed by atoms with E-state index in [9.17, 15) is 0 Å². The highest BCUT2D eigenvalue weighted by Gasteiger charge is 2.18. The van der Waals surface area contributed by atoms with Crippen LogP contribution in [0.15, 0.2) is 37.7 Å². The average Bonchev–Trinajstić information content (AvgIpc) is 2.63. The molecule has 0 amide bonds. The van der Waals surface area contributed by atoms with Crippen molar-refractivity contribution in [2.75, 3.05) is 7.05 Å². The highest BCUT2D eigenvalue weighted by Crippen LogP contribution is 2.36. The van der Waals surface area contributed by atoms with Crippen molar-refractivity contribution < 1.29 is 0 Å². The molecule has 1 N–H and O–H groups in total. The van der Waals surface area contributed by atoms with E-state index in [1.807, 2.05) is 18.4 Å². The number of aryl methyl sites for hydroxylation is 1. The van der Waals surface area contributed by atoms with Crippen molar-refractivity contribution in [3.05, 3.63) is 53.0 Å². The van der Waals surface area contributed by atoms with E-state index >= 15 is 0 Å². The second-order valence-electron chi connectivity index (χ2n) is 3.94. The zero-order valence-corrected chi connectivity index (χ0v) is 15.5. The summed E-state index contributed by atoms with van der Waals surface area (Å²) in [5, 5.41) is 3.38.